The second-order valence-electron chi connectivity index (χ2n) is 2.67. The van der Waals surface area contributed by atoms with E-state index in [9.17, 15) is 13.2 Å². The second-order valence-corrected chi connectivity index (χ2v) is 4.76. The van der Waals surface area contributed by atoms with Crippen LogP contribution in [0.3, 0.4) is 0 Å². The lowest BCUT2D eigenvalue weighted by atomic mass is 10.3. The van der Waals surface area contributed by atoms with Crippen molar-refractivity contribution in [2.75, 3.05) is 18.8 Å². The highest BCUT2D eigenvalue weighted by Crippen LogP contribution is 2.12. The molecule has 1 aliphatic rings. The highest BCUT2D eigenvalue weighted by molar-refractivity contribution is 7.90. The van der Waals surface area contributed by atoms with E-state index in [0.717, 1.165) is 0 Å². The average Bonchev–Trinajstić information content (AvgIpc) is 1.85. The number of hydrogen-bond acceptors (Lipinski definition) is 3. The van der Waals surface area contributed by atoms with Crippen LogP contribution in [0, 0.1) is 0 Å². The van der Waals surface area contributed by atoms with Crippen LogP contribution in [0.15, 0.2) is 0 Å². The van der Waals surface area contributed by atoms with Crippen LogP contribution in [-0.2, 0) is 14.8 Å². The zero-order valence-electron chi connectivity index (χ0n) is 6.41. The normalized spacial score (nSPS) is 22.6. The zero-order chi connectivity index (χ0) is 8.48. The van der Waals surface area contributed by atoms with Crippen LogP contribution in [0.4, 0.5) is 0 Å². The Morgan fingerprint density at radius 2 is 2.18 bits per heavy atom. The summed E-state index contributed by atoms with van der Waals surface area (Å²) in [7, 11) is -2.94. The molecule has 1 aliphatic heterocycles. The van der Waals surface area contributed by atoms with Crippen LogP contribution in [-0.4, -0.2) is 37.3 Å². The van der Waals surface area contributed by atoms with Crippen LogP contribution in [0.2, 0.25) is 0 Å². The second kappa shape index (κ2) is 2.91. The number of carbonyl (C=O) groups excluding carboxylic acids is 1. The lowest BCUT2D eigenvalue weighted by molar-refractivity contribution is -0.117. The molecule has 5 heteroatoms. The van der Waals surface area contributed by atoms with Gasteiger partial charge in [0, 0.05) is 19.5 Å². The van der Waals surface area contributed by atoms with Gasteiger partial charge in [-0.25, -0.2) is 12.7 Å². The van der Waals surface area contributed by atoms with Crippen molar-refractivity contribution in [1.29, 1.82) is 0 Å². The first-order chi connectivity index (χ1) is 5.02. The largest absolute Gasteiger partial charge is 0.300 e. The van der Waals surface area contributed by atoms with Crippen molar-refractivity contribution in [2.24, 2.45) is 0 Å². The minimum atomic E-state index is -2.94. The molecule has 1 rings (SSSR count). The zero-order valence-corrected chi connectivity index (χ0v) is 7.23. The van der Waals surface area contributed by atoms with Gasteiger partial charge in [-0.2, -0.15) is 0 Å². The van der Waals surface area contributed by atoms with E-state index in [1.54, 1.807) is 0 Å². The van der Waals surface area contributed by atoms with Crippen molar-refractivity contribution in [1.82, 2.24) is 4.31 Å². The number of sulfonamides is 1. The van der Waals surface area contributed by atoms with Gasteiger partial charge in [0.05, 0.1) is 5.75 Å². The molecule has 0 amide bonds. The van der Waals surface area contributed by atoms with Gasteiger partial charge in [-0.3, -0.25) is 4.79 Å². The summed E-state index contributed by atoms with van der Waals surface area (Å²) in [6.45, 7) is 2.40. The van der Waals surface area contributed by atoms with Crippen molar-refractivity contribution in [3.8, 4) is 0 Å². The van der Waals surface area contributed by atoms with Gasteiger partial charge in [0.2, 0.25) is 10.0 Å². The Balaban J connectivity index is 2.35. The third kappa shape index (κ3) is 2.00. The van der Waals surface area contributed by atoms with E-state index in [2.05, 4.69) is 0 Å². The molecule has 0 bridgehead atoms. The number of Topliss-reactive ketones (excluding diaryl/α,β-unsaturated/α-hetero) is 1. The van der Waals surface area contributed by atoms with Crippen molar-refractivity contribution < 1.29 is 13.2 Å². The topological polar surface area (TPSA) is 54.5 Å². The Hall–Kier alpha value is -0.420. The molecule has 1 fully saturated rings. The van der Waals surface area contributed by atoms with E-state index < -0.39 is 10.0 Å². The summed E-state index contributed by atoms with van der Waals surface area (Å²) in [4.78, 5) is 10.5. The summed E-state index contributed by atoms with van der Waals surface area (Å²) in [5.41, 5.74) is 0. The van der Waals surface area contributed by atoms with Crippen LogP contribution >= 0.6 is 0 Å². The molecule has 0 radical (unpaired) electrons. The molecule has 1 heterocycles. The van der Waals surface area contributed by atoms with E-state index in [4.69, 9.17) is 0 Å². The maximum absolute atomic E-state index is 10.8. The van der Waals surface area contributed by atoms with Gasteiger partial charge >= 0.3 is 0 Å². The molecule has 64 valence electrons. The smallest absolute Gasteiger partial charge is 0.215 e. The van der Waals surface area contributed by atoms with Crippen LogP contribution in [0.5, 0.6) is 0 Å². The van der Waals surface area contributed by atoms with Crippen LogP contribution < -0.4 is 0 Å². The maximum Gasteiger partial charge on any atom is 0.215 e. The van der Waals surface area contributed by atoms with Crippen molar-refractivity contribution >= 4 is 15.8 Å². The third-order valence-corrected chi connectivity index (χ3v) is 3.56. The first kappa shape index (κ1) is 8.67. The number of carbonyl (C=O) groups is 1. The van der Waals surface area contributed by atoms with Gasteiger partial charge in [-0.1, -0.05) is 0 Å². The summed E-state index contributed by atoms with van der Waals surface area (Å²) >= 11 is 0. The van der Waals surface area contributed by atoms with Crippen molar-refractivity contribution in [3.63, 3.8) is 0 Å². The van der Waals surface area contributed by atoms with E-state index in [0.29, 0.717) is 19.5 Å². The van der Waals surface area contributed by atoms with Crippen LogP contribution in [0.1, 0.15) is 13.3 Å². The SMILES string of the molecule is CC(=O)CCN1CCS1(=O)=O. The predicted octanol–water partition coefficient (Wildman–Crippen LogP) is -0.389. The molecule has 0 N–H and O–H groups in total. The fraction of sp³-hybridized carbons (Fsp3) is 0.833. The van der Waals surface area contributed by atoms with E-state index in [1.165, 1.54) is 11.2 Å². The molecular weight excluding hydrogens is 166 g/mol. The summed E-state index contributed by atoms with van der Waals surface area (Å²) in [6.07, 6.45) is 0.333. The Labute approximate surface area is 66.2 Å². The molecule has 0 unspecified atom stereocenters. The Morgan fingerprint density at radius 3 is 2.45 bits per heavy atom. The predicted molar refractivity (Wildman–Crippen MR) is 40.7 cm³/mol. The highest BCUT2D eigenvalue weighted by atomic mass is 32.2. The van der Waals surface area contributed by atoms with Crippen LogP contribution in [0.25, 0.3) is 0 Å². The maximum atomic E-state index is 10.8. The number of nitrogens with zero attached hydrogens (tertiary/aromatic N) is 1. The van der Waals surface area contributed by atoms with E-state index in [-0.39, 0.29) is 11.5 Å². The minimum Gasteiger partial charge on any atom is -0.300 e. The van der Waals surface area contributed by atoms with Gasteiger partial charge in [-0.05, 0) is 6.92 Å². The molecule has 1 saturated heterocycles. The molecule has 0 aromatic carbocycles. The number of rotatable bonds is 3. The van der Waals surface area contributed by atoms with Gasteiger partial charge < -0.3 is 0 Å². The molecule has 4 nitrogen and oxygen atoms in total. The summed E-state index contributed by atoms with van der Waals surface area (Å²) < 4.78 is 23.0. The lowest BCUT2D eigenvalue weighted by Crippen LogP contribution is -2.48. The summed E-state index contributed by atoms with van der Waals surface area (Å²) in [5, 5.41) is 0. The highest BCUT2D eigenvalue weighted by Gasteiger charge is 2.31. The van der Waals surface area contributed by atoms with E-state index >= 15 is 0 Å². The van der Waals surface area contributed by atoms with Gasteiger partial charge in [0.1, 0.15) is 5.78 Å². The quantitative estimate of drug-likeness (QED) is 0.590. The molecule has 0 aliphatic carbocycles. The van der Waals surface area contributed by atoms with Gasteiger partial charge in [0.25, 0.3) is 0 Å². The van der Waals surface area contributed by atoms with E-state index in [1.807, 2.05) is 0 Å². The molecule has 0 aromatic heterocycles. The third-order valence-electron chi connectivity index (χ3n) is 1.71. The molecular formula is C6H11NO3S. The Bertz CT molecular complexity index is 257. The fourth-order valence-corrected chi connectivity index (χ4v) is 2.01. The standard InChI is InChI=1S/C6H11NO3S/c1-6(8)2-3-7-4-5-11(7,9)10/h2-5H2,1H3. The Morgan fingerprint density at radius 1 is 1.55 bits per heavy atom. The first-order valence-electron chi connectivity index (χ1n) is 3.49. The van der Waals surface area contributed by atoms with Gasteiger partial charge in [0.15, 0.2) is 0 Å². The Kier molecular flexibility index (Phi) is 2.29. The lowest BCUT2D eigenvalue weighted by Gasteiger charge is -2.29. The molecule has 0 saturated carbocycles. The molecule has 0 atom stereocenters. The number of hydrogen-bond donors (Lipinski definition) is 0. The summed E-state index contributed by atoms with van der Waals surface area (Å²) in [5.74, 6) is 0.275. The fourth-order valence-electron chi connectivity index (χ4n) is 0.902. The minimum absolute atomic E-state index is 0.0344. The molecule has 0 aromatic rings. The monoisotopic (exact) mass is 177 g/mol. The first-order valence-corrected chi connectivity index (χ1v) is 5.10. The molecule has 11 heavy (non-hydrogen) atoms. The number of ketones is 1. The van der Waals surface area contributed by atoms with Crippen molar-refractivity contribution in [3.05, 3.63) is 0 Å². The summed E-state index contributed by atoms with van der Waals surface area (Å²) in [6, 6.07) is 0. The van der Waals surface area contributed by atoms with Gasteiger partial charge in [-0.15, -0.1) is 0 Å². The molecule has 0 spiro atoms. The van der Waals surface area contributed by atoms with Crippen molar-refractivity contribution in [2.45, 2.75) is 13.3 Å². The average molecular weight is 177 g/mol.